The van der Waals surface area contributed by atoms with Crippen LogP contribution >= 0.6 is 11.6 Å². The number of carbonyl (C=O) groups is 1. The quantitative estimate of drug-likeness (QED) is 0.580. The summed E-state index contributed by atoms with van der Waals surface area (Å²) in [5.74, 6) is 4.29. The first-order valence-corrected chi connectivity index (χ1v) is 9.68. The summed E-state index contributed by atoms with van der Waals surface area (Å²) in [5, 5.41) is 12.2. The van der Waals surface area contributed by atoms with Gasteiger partial charge in [0.2, 0.25) is 0 Å². The first-order chi connectivity index (χ1) is 14.5. The molecule has 1 aliphatic rings. The van der Waals surface area contributed by atoms with Gasteiger partial charge in [-0.05, 0) is 34.4 Å². The molecule has 0 saturated heterocycles. The molecule has 4 nitrogen and oxygen atoms in total. The summed E-state index contributed by atoms with van der Waals surface area (Å²) in [7, 11) is 0. The number of halogens is 2. The predicted molar refractivity (Wildman–Crippen MR) is 113 cm³/mol. The molecule has 3 aromatic carbocycles. The van der Waals surface area contributed by atoms with Crippen LogP contribution in [0.4, 0.5) is 9.18 Å². The Bertz CT molecular complexity index is 1140. The highest BCUT2D eigenvalue weighted by Gasteiger charge is 2.28. The van der Waals surface area contributed by atoms with Crippen molar-refractivity contribution in [3.05, 3.63) is 88.2 Å². The molecule has 2 N–H and O–H groups in total. The molecule has 0 spiro atoms. The third-order valence-corrected chi connectivity index (χ3v) is 5.20. The molecule has 1 amide bonds. The maximum Gasteiger partial charge on any atom is 0.407 e. The van der Waals surface area contributed by atoms with Crippen molar-refractivity contribution in [2.45, 2.75) is 5.92 Å². The van der Waals surface area contributed by atoms with Crippen molar-refractivity contribution in [2.24, 2.45) is 0 Å². The minimum Gasteiger partial charge on any atom is -0.505 e. The van der Waals surface area contributed by atoms with Crippen molar-refractivity contribution in [3.63, 3.8) is 0 Å². The zero-order valence-electron chi connectivity index (χ0n) is 15.8. The number of alkyl carbamates (subject to hydrolysis) is 1. The monoisotopic (exact) mass is 421 g/mol. The number of rotatable bonds is 3. The molecule has 0 bridgehead atoms. The minimum atomic E-state index is -0.605. The summed E-state index contributed by atoms with van der Waals surface area (Å²) in [6.07, 6.45) is -0.604. The zero-order valence-corrected chi connectivity index (χ0v) is 16.5. The normalized spacial score (nSPS) is 11.8. The Balaban J connectivity index is 1.37. The Hall–Kier alpha value is -3.49. The standard InChI is InChI=1S/C24H17ClFNO3/c25-22-13-16(26)12-15(23(22)28)6-5-11-27-24(29)30-14-21-19-9-3-1-7-17(19)18-8-2-4-10-20(18)21/h1-4,7-10,12-13,21,28H,11,14H2,(H,27,29). The van der Waals surface area contributed by atoms with E-state index >= 15 is 0 Å². The van der Waals surface area contributed by atoms with Gasteiger partial charge in [-0.3, -0.25) is 0 Å². The number of hydrogen-bond acceptors (Lipinski definition) is 3. The molecule has 0 aliphatic heterocycles. The average molecular weight is 422 g/mol. The Morgan fingerprint density at radius 3 is 2.40 bits per heavy atom. The second kappa shape index (κ2) is 8.48. The fourth-order valence-corrected chi connectivity index (χ4v) is 3.77. The highest BCUT2D eigenvalue weighted by molar-refractivity contribution is 6.32. The number of phenolic OH excluding ortho intramolecular Hbond substituents is 1. The van der Waals surface area contributed by atoms with Gasteiger partial charge >= 0.3 is 6.09 Å². The largest absolute Gasteiger partial charge is 0.505 e. The third-order valence-electron chi connectivity index (χ3n) is 4.92. The number of aromatic hydroxyl groups is 1. The van der Waals surface area contributed by atoms with Crippen LogP contribution in [0, 0.1) is 17.7 Å². The molecule has 150 valence electrons. The molecule has 30 heavy (non-hydrogen) atoms. The van der Waals surface area contributed by atoms with E-state index in [1.807, 2.05) is 36.4 Å². The number of ether oxygens (including phenoxy) is 1. The van der Waals surface area contributed by atoms with Crippen LogP contribution in [-0.4, -0.2) is 24.4 Å². The van der Waals surface area contributed by atoms with Gasteiger partial charge in [-0.25, -0.2) is 9.18 Å². The number of amides is 1. The fourth-order valence-electron chi connectivity index (χ4n) is 3.57. The van der Waals surface area contributed by atoms with Crippen LogP contribution in [0.3, 0.4) is 0 Å². The van der Waals surface area contributed by atoms with Gasteiger partial charge in [0.05, 0.1) is 17.1 Å². The van der Waals surface area contributed by atoms with Crippen LogP contribution in [0.15, 0.2) is 60.7 Å². The van der Waals surface area contributed by atoms with Crippen LogP contribution in [0.25, 0.3) is 11.1 Å². The van der Waals surface area contributed by atoms with E-state index in [-0.39, 0.29) is 35.4 Å². The maximum absolute atomic E-state index is 13.4. The molecule has 0 fully saturated rings. The molecule has 1 aliphatic carbocycles. The lowest BCUT2D eigenvalue weighted by Gasteiger charge is -2.14. The highest BCUT2D eigenvalue weighted by atomic mass is 35.5. The van der Waals surface area contributed by atoms with Gasteiger partial charge in [-0.15, -0.1) is 0 Å². The minimum absolute atomic E-state index is 0.0236. The second-order valence-corrected chi connectivity index (χ2v) is 7.17. The molecule has 4 rings (SSSR count). The number of hydrogen-bond donors (Lipinski definition) is 2. The number of nitrogens with one attached hydrogen (secondary N) is 1. The van der Waals surface area contributed by atoms with E-state index < -0.39 is 11.9 Å². The van der Waals surface area contributed by atoms with Crippen molar-refractivity contribution in [1.82, 2.24) is 5.32 Å². The van der Waals surface area contributed by atoms with Gasteiger partial charge in [0.1, 0.15) is 18.2 Å². The van der Waals surface area contributed by atoms with E-state index in [0.717, 1.165) is 34.4 Å². The van der Waals surface area contributed by atoms with Crippen LogP contribution in [0.2, 0.25) is 5.02 Å². The zero-order chi connectivity index (χ0) is 21.1. The SMILES string of the molecule is O=C(NCC#Cc1cc(F)cc(Cl)c1O)OCC1c2ccccc2-c2ccccc21. The Morgan fingerprint density at radius 2 is 1.73 bits per heavy atom. The molecule has 0 aromatic heterocycles. The third kappa shape index (κ3) is 3.96. The molecule has 0 atom stereocenters. The number of carbonyl (C=O) groups excluding carboxylic acids is 1. The van der Waals surface area contributed by atoms with Crippen molar-refractivity contribution >= 4 is 17.7 Å². The topological polar surface area (TPSA) is 58.6 Å². The summed E-state index contributed by atoms with van der Waals surface area (Å²) in [6, 6.07) is 18.2. The van der Waals surface area contributed by atoms with Gasteiger partial charge in [0.15, 0.2) is 0 Å². The Kier molecular flexibility index (Phi) is 5.60. The summed E-state index contributed by atoms with van der Waals surface area (Å²) >= 11 is 5.71. The first kappa shape index (κ1) is 19.8. The molecule has 0 saturated carbocycles. The van der Waals surface area contributed by atoms with Gasteiger partial charge in [-0.2, -0.15) is 0 Å². The van der Waals surface area contributed by atoms with Crippen molar-refractivity contribution in [1.29, 1.82) is 0 Å². The number of phenols is 1. The average Bonchev–Trinajstić information content (AvgIpc) is 3.07. The fraction of sp³-hybridized carbons (Fsp3) is 0.125. The van der Waals surface area contributed by atoms with Crippen molar-refractivity contribution < 1.29 is 19.0 Å². The lowest BCUT2D eigenvalue weighted by atomic mass is 9.98. The van der Waals surface area contributed by atoms with Crippen LogP contribution in [0.1, 0.15) is 22.6 Å². The van der Waals surface area contributed by atoms with Gasteiger partial charge in [0, 0.05) is 5.92 Å². The summed E-state index contributed by atoms with van der Waals surface area (Å²) in [6.45, 7) is 0.178. The molecule has 0 radical (unpaired) electrons. The molecule has 3 aromatic rings. The van der Waals surface area contributed by atoms with E-state index in [1.165, 1.54) is 0 Å². The second-order valence-electron chi connectivity index (χ2n) is 6.76. The van der Waals surface area contributed by atoms with Gasteiger partial charge in [-0.1, -0.05) is 72.0 Å². The van der Waals surface area contributed by atoms with E-state index in [9.17, 15) is 14.3 Å². The Morgan fingerprint density at radius 1 is 1.10 bits per heavy atom. The predicted octanol–water partition coefficient (Wildman–Crippen LogP) is 5.07. The Labute approximate surface area is 178 Å². The van der Waals surface area contributed by atoms with Crippen LogP contribution in [0.5, 0.6) is 5.75 Å². The van der Waals surface area contributed by atoms with E-state index in [2.05, 4.69) is 29.3 Å². The summed E-state index contributed by atoms with van der Waals surface area (Å²) in [5.41, 5.74) is 4.62. The van der Waals surface area contributed by atoms with Gasteiger partial charge < -0.3 is 15.2 Å². The van der Waals surface area contributed by atoms with E-state index in [0.29, 0.717) is 0 Å². The molecule has 6 heteroatoms. The summed E-state index contributed by atoms with van der Waals surface area (Å²) in [4.78, 5) is 12.1. The molecular weight excluding hydrogens is 405 g/mol. The number of benzene rings is 3. The maximum atomic E-state index is 13.4. The molecular formula is C24H17ClFNO3. The van der Waals surface area contributed by atoms with Gasteiger partial charge in [0.25, 0.3) is 0 Å². The lowest BCUT2D eigenvalue weighted by molar-refractivity contribution is 0.144. The van der Waals surface area contributed by atoms with Crippen molar-refractivity contribution in [2.75, 3.05) is 13.2 Å². The van der Waals surface area contributed by atoms with E-state index in [4.69, 9.17) is 16.3 Å². The highest BCUT2D eigenvalue weighted by Crippen LogP contribution is 2.44. The number of fused-ring (bicyclic) bond motifs is 3. The molecule has 0 heterocycles. The van der Waals surface area contributed by atoms with E-state index in [1.54, 1.807) is 0 Å². The summed E-state index contributed by atoms with van der Waals surface area (Å²) < 4.78 is 18.8. The smallest absolute Gasteiger partial charge is 0.407 e. The van der Waals surface area contributed by atoms with Crippen LogP contribution < -0.4 is 5.32 Å². The van der Waals surface area contributed by atoms with Crippen LogP contribution in [-0.2, 0) is 4.74 Å². The lowest BCUT2D eigenvalue weighted by Crippen LogP contribution is -2.26. The van der Waals surface area contributed by atoms with Crippen molar-refractivity contribution in [3.8, 4) is 28.7 Å². The first-order valence-electron chi connectivity index (χ1n) is 9.30. The molecule has 0 unspecified atom stereocenters.